The summed E-state index contributed by atoms with van der Waals surface area (Å²) in [6.45, 7) is 0.194. The first-order chi connectivity index (χ1) is 9.47. The van der Waals surface area contributed by atoms with Crippen molar-refractivity contribution < 1.29 is 14.4 Å². The van der Waals surface area contributed by atoms with Gasteiger partial charge in [-0.2, -0.15) is 0 Å². The molecule has 104 valence electrons. The summed E-state index contributed by atoms with van der Waals surface area (Å²) in [6.07, 6.45) is 0. The largest absolute Gasteiger partial charge is 0.508 e. The third-order valence-corrected chi connectivity index (χ3v) is 3.17. The van der Waals surface area contributed by atoms with Crippen LogP contribution in [0.4, 0.5) is 15.8 Å². The number of nitro benzene ring substituents is 1. The van der Waals surface area contributed by atoms with E-state index in [1.807, 2.05) is 0 Å². The van der Waals surface area contributed by atoms with Crippen LogP contribution in [0, 0.1) is 15.9 Å². The highest BCUT2D eigenvalue weighted by Gasteiger charge is 2.11. The lowest BCUT2D eigenvalue weighted by atomic mass is 10.2. The molecule has 0 bridgehead atoms. The van der Waals surface area contributed by atoms with Gasteiger partial charge in [0.1, 0.15) is 5.75 Å². The number of nitrogens with one attached hydrogen (secondary N) is 1. The summed E-state index contributed by atoms with van der Waals surface area (Å²) in [6, 6.07) is 8.27. The highest BCUT2D eigenvalue weighted by Crippen LogP contribution is 2.25. The molecule has 0 atom stereocenters. The molecule has 2 aromatic carbocycles. The molecule has 5 nitrogen and oxygen atoms in total. The fraction of sp³-hybridized carbons (Fsp3) is 0.0769. The van der Waals surface area contributed by atoms with Gasteiger partial charge in [-0.05, 0) is 24.3 Å². The lowest BCUT2D eigenvalue weighted by Gasteiger charge is -2.09. The van der Waals surface area contributed by atoms with E-state index in [0.29, 0.717) is 5.56 Å². The zero-order valence-electron chi connectivity index (χ0n) is 10.1. The monoisotopic (exact) mass is 340 g/mol. The van der Waals surface area contributed by atoms with Crippen LogP contribution < -0.4 is 5.32 Å². The minimum atomic E-state index is -0.714. The number of benzene rings is 2. The Morgan fingerprint density at radius 1 is 1.30 bits per heavy atom. The first kappa shape index (κ1) is 14.3. The first-order valence-corrected chi connectivity index (χ1v) is 6.42. The molecule has 0 fully saturated rings. The lowest BCUT2D eigenvalue weighted by Crippen LogP contribution is -2.02. The third-order valence-electron chi connectivity index (χ3n) is 2.67. The van der Waals surface area contributed by atoms with Crippen LogP contribution in [0.3, 0.4) is 0 Å². The summed E-state index contributed by atoms with van der Waals surface area (Å²) in [4.78, 5) is 9.85. The topological polar surface area (TPSA) is 75.4 Å². The van der Waals surface area contributed by atoms with E-state index in [4.69, 9.17) is 0 Å². The molecular formula is C13H10BrFN2O3. The van der Waals surface area contributed by atoms with Crippen LogP contribution in [0.1, 0.15) is 5.56 Å². The molecule has 0 aromatic heterocycles. The molecule has 0 saturated carbocycles. The number of hydrogen-bond acceptors (Lipinski definition) is 4. The standard InChI is InChI=1S/C13H10BrFN2O3/c14-9-1-4-13(18)8(5-9)7-16-12-3-2-10(17(19)20)6-11(12)15/h1-6,16,18H,7H2. The second kappa shape index (κ2) is 5.87. The zero-order chi connectivity index (χ0) is 14.7. The summed E-state index contributed by atoms with van der Waals surface area (Å²) >= 11 is 3.27. The van der Waals surface area contributed by atoms with E-state index in [-0.39, 0.29) is 23.7 Å². The van der Waals surface area contributed by atoms with Crippen LogP contribution in [-0.4, -0.2) is 10.0 Å². The van der Waals surface area contributed by atoms with E-state index in [1.54, 1.807) is 12.1 Å². The third kappa shape index (κ3) is 3.24. The van der Waals surface area contributed by atoms with E-state index in [0.717, 1.165) is 10.5 Å². The van der Waals surface area contributed by atoms with E-state index in [1.165, 1.54) is 18.2 Å². The first-order valence-electron chi connectivity index (χ1n) is 5.62. The molecule has 2 rings (SSSR count). The molecule has 0 amide bonds. The van der Waals surface area contributed by atoms with Crippen molar-refractivity contribution in [1.82, 2.24) is 0 Å². The molecule has 0 aliphatic heterocycles. The Kier molecular flexibility index (Phi) is 4.19. The number of nitrogens with zero attached hydrogens (tertiary/aromatic N) is 1. The van der Waals surface area contributed by atoms with Crippen LogP contribution in [0.25, 0.3) is 0 Å². The van der Waals surface area contributed by atoms with Crippen molar-refractivity contribution in [2.24, 2.45) is 0 Å². The van der Waals surface area contributed by atoms with Crippen LogP contribution in [0.5, 0.6) is 5.75 Å². The number of hydrogen-bond donors (Lipinski definition) is 2. The van der Waals surface area contributed by atoms with Crippen LogP contribution in [-0.2, 0) is 6.54 Å². The lowest BCUT2D eigenvalue weighted by molar-refractivity contribution is -0.385. The summed E-state index contributed by atoms with van der Waals surface area (Å²) in [7, 11) is 0. The van der Waals surface area contributed by atoms with E-state index >= 15 is 0 Å². The molecule has 2 N–H and O–H groups in total. The van der Waals surface area contributed by atoms with Crippen molar-refractivity contribution in [2.45, 2.75) is 6.54 Å². The fourth-order valence-electron chi connectivity index (χ4n) is 1.65. The highest BCUT2D eigenvalue weighted by atomic mass is 79.9. The Hall–Kier alpha value is -2.15. The van der Waals surface area contributed by atoms with E-state index in [9.17, 15) is 19.6 Å². The molecule has 0 unspecified atom stereocenters. The summed E-state index contributed by atoms with van der Waals surface area (Å²) in [5, 5.41) is 22.9. The van der Waals surface area contributed by atoms with E-state index < -0.39 is 10.7 Å². The van der Waals surface area contributed by atoms with Gasteiger partial charge in [-0.3, -0.25) is 10.1 Å². The minimum Gasteiger partial charge on any atom is -0.508 e. The molecule has 0 saturated heterocycles. The second-order valence-corrected chi connectivity index (χ2v) is 4.96. The predicted molar refractivity (Wildman–Crippen MR) is 76.2 cm³/mol. The van der Waals surface area contributed by atoms with Crippen LogP contribution in [0.2, 0.25) is 0 Å². The molecule has 0 spiro atoms. The Balaban J connectivity index is 2.15. The number of phenolic OH excluding ortho intramolecular Hbond substituents is 1. The van der Waals surface area contributed by atoms with Gasteiger partial charge in [-0.25, -0.2) is 4.39 Å². The highest BCUT2D eigenvalue weighted by molar-refractivity contribution is 9.10. The van der Waals surface area contributed by atoms with Gasteiger partial charge in [-0.1, -0.05) is 15.9 Å². The van der Waals surface area contributed by atoms with Crippen molar-refractivity contribution in [3.05, 3.63) is 62.4 Å². The van der Waals surface area contributed by atoms with Crippen LogP contribution >= 0.6 is 15.9 Å². The molecule has 2 aromatic rings. The van der Waals surface area contributed by atoms with Crippen molar-refractivity contribution in [3.8, 4) is 5.75 Å². The average molecular weight is 341 g/mol. The number of rotatable bonds is 4. The second-order valence-electron chi connectivity index (χ2n) is 4.05. The molecule has 0 aliphatic carbocycles. The van der Waals surface area contributed by atoms with Gasteiger partial charge in [0.05, 0.1) is 16.7 Å². The SMILES string of the molecule is O=[N+]([O-])c1ccc(NCc2cc(Br)ccc2O)c(F)c1. The molecule has 20 heavy (non-hydrogen) atoms. The molecule has 0 radical (unpaired) electrons. The molecule has 0 heterocycles. The smallest absolute Gasteiger partial charge is 0.272 e. The summed E-state index contributed by atoms with van der Waals surface area (Å²) < 4.78 is 14.4. The predicted octanol–water partition coefficient (Wildman–Crippen LogP) is 3.81. The van der Waals surface area contributed by atoms with Crippen molar-refractivity contribution in [3.63, 3.8) is 0 Å². The number of aromatic hydroxyl groups is 1. The Morgan fingerprint density at radius 3 is 2.70 bits per heavy atom. The Labute approximate surface area is 122 Å². The molecule has 7 heteroatoms. The number of phenols is 1. The summed E-state index contributed by atoms with van der Waals surface area (Å²) in [5.41, 5.74) is 0.408. The average Bonchev–Trinajstić information content (AvgIpc) is 2.40. The Morgan fingerprint density at radius 2 is 2.05 bits per heavy atom. The fourth-order valence-corrected chi connectivity index (χ4v) is 2.06. The van der Waals surface area contributed by atoms with Gasteiger partial charge < -0.3 is 10.4 Å². The number of halogens is 2. The normalized spacial score (nSPS) is 10.3. The quantitative estimate of drug-likeness (QED) is 0.655. The van der Waals surface area contributed by atoms with Gasteiger partial charge >= 0.3 is 0 Å². The van der Waals surface area contributed by atoms with Gasteiger partial charge in [0.15, 0.2) is 5.82 Å². The minimum absolute atomic E-state index is 0.0861. The van der Waals surface area contributed by atoms with Gasteiger partial charge in [0, 0.05) is 22.6 Å². The van der Waals surface area contributed by atoms with Gasteiger partial charge in [-0.15, -0.1) is 0 Å². The number of anilines is 1. The van der Waals surface area contributed by atoms with Crippen molar-refractivity contribution in [2.75, 3.05) is 5.32 Å². The summed E-state index contributed by atoms with van der Waals surface area (Å²) in [5.74, 6) is -0.628. The number of nitro groups is 1. The van der Waals surface area contributed by atoms with Crippen molar-refractivity contribution >= 4 is 27.3 Å². The number of non-ortho nitro benzene ring substituents is 1. The zero-order valence-corrected chi connectivity index (χ0v) is 11.7. The molecule has 0 aliphatic rings. The maximum Gasteiger partial charge on any atom is 0.272 e. The van der Waals surface area contributed by atoms with Gasteiger partial charge in [0.2, 0.25) is 0 Å². The maximum absolute atomic E-state index is 13.7. The maximum atomic E-state index is 13.7. The van der Waals surface area contributed by atoms with E-state index in [2.05, 4.69) is 21.2 Å². The van der Waals surface area contributed by atoms with Gasteiger partial charge in [0.25, 0.3) is 5.69 Å². The van der Waals surface area contributed by atoms with Crippen molar-refractivity contribution in [1.29, 1.82) is 0 Å². The Bertz CT molecular complexity index is 664. The molecular weight excluding hydrogens is 331 g/mol. The van der Waals surface area contributed by atoms with Crippen LogP contribution in [0.15, 0.2) is 40.9 Å².